The average molecular weight is 392 g/mol. The van der Waals surface area contributed by atoms with Crippen molar-refractivity contribution in [2.45, 2.75) is 19.6 Å². The Hall–Kier alpha value is -2.80. The van der Waals surface area contributed by atoms with Gasteiger partial charge in [-0.05, 0) is 42.8 Å². The number of ether oxygens (including phenoxy) is 1. The molecule has 1 aliphatic rings. The predicted molar refractivity (Wildman–Crippen MR) is 100 cm³/mol. The lowest BCUT2D eigenvalue weighted by molar-refractivity contribution is -0.128. The minimum Gasteiger partial charge on any atom is -0.487 e. The molecular formula is C19H19ClFN3O3. The van der Waals surface area contributed by atoms with E-state index >= 15 is 0 Å². The molecule has 1 heterocycles. The van der Waals surface area contributed by atoms with Crippen LogP contribution in [0.1, 0.15) is 12.5 Å². The van der Waals surface area contributed by atoms with Crippen LogP contribution in [0.2, 0.25) is 5.02 Å². The van der Waals surface area contributed by atoms with E-state index in [-0.39, 0.29) is 24.4 Å². The van der Waals surface area contributed by atoms with Gasteiger partial charge >= 0.3 is 6.03 Å². The Morgan fingerprint density at radius 2 is 2.19 bits per heavy atom. The number of halogens is 2. The molecule has 2 aromatic rings. The van der Waals surface area contributed by atoms with Gasteiger partial charge in [0.1, 0.15) is 24.2 Å². The highest BCUT2D eigenvalue weighted by atomic mass is 35.5. The number of carbonyl (C=O) groups excluding carboxylic acids is 2. The SMILES string of the molecule is C[C@@H](Nc1ccc(OCc2cccc(F)c2)c(Cl)c1)C(=O)N1CCNC1=O. The van der Waals surface area contributed by atoms with Crippen LogP contribution in [-0.4, -0.2) is 36.0 Å². The van der Waals surface area contributed by atoms with E-state index in [1.54, 1.807) is 37.3 Å². The van der Waals surface area contributed by atoms with Crippen molar-refractivity contribution in [2.24, 2.45) is 0 Å². The Morgan fingerprint density at radius 3 is 2.85 bits per heavy atom. The van der Waals surface area contributed by atoms with Gasteiger partial charge in [-0.1, -0.05) is 23.7 Å². The van der Waals surface area contributed by atoms with Crippen molar-refractivity contribution in [3.05, 3.63) is 58.9 Å². The van der Waals surface area contributed by atoms with Crippen LogP contribution in [0.5, 0.6) is 5.75 Å². The second-order valence-electron chi connectivity index (χ2n) is 6.15. The quantitative estimate of drug-likeness (QED) is 0.791. The Kier molecular flexibility index (Phi) is 5.81. The number of anilines is 1. The first-order valence-corrected chi connectivity index (χ1v) is 8.84. The number of imide groups is 1. The van der Waals surface area contributed by atoms with E-state index < -0.39 is 6.04 Å². The van der Waals surface area contributed by atoms with Gasteiger partial charge in [-0.3, -0.25) is 9.69 Å². The summed E-state index contributed by atoms with van der Waals surface area (Å²) in [5.41, 5.74) is 1.31. The molecule has 0 aliphatic carbocycles. The zero-order valence-corrected chi connectivity index (χ0v) is 15.4. The number of benzene rings is 2. The van der Waals surface area contributed by atoms with Gasteiger partial charge in [0.25, 0.3) is 5.91 Å². The molecule has 6 nitrogen and oxygen atoms in total. The summed E-state index contributed by atoms with van der Waals surface area (Å²) in [4.78, 5) is 25.1. The molecule has 1 atom stereocenters. The highest BCUT2D eigenvalue weighted by Gasteiger charge is 2.29. The first-order valence-electron chi connectivity index (χ1n) is 8.46. The molecule has 1 aliphatic heterocycles. The molecule has 0 spiro atoms. The number of rotatable bonds is 6. The van der Waals surface area contributed by atoms with Crippen LogP contribution in [-0.2, 0) is 11.4 Å². The van der Waals surface area contributed by atoms with Crippen molar-refractivity contribution in [3.63, 3.8) is 0 Å². The first-order chi connectivity index (χ1) is 12.9. The number of hydrogen-bond donors (Lipinski definition) is 2. The molecule has 8 heteroatoms. The third-order valence-corrected chi connectivity index (χ3v) is 4.39. The van der Waals surface area contributed by atoms with Gasteiger partial charge in [0, 0.05) is 18.8 Å². The molecule has 3 amide bonds. The lowest BCUT2D eigenvalue weighted by atomic mass is 10.2. The summed E-state index contributed by atoms with van der Waals surface area (Å²) >= 11 is 6.24. The van der Waals surface area contributed by atoms with Crippen LogP contribution < -0.4 is 15.4 Å². The topological polar surface area (TPSA) is 70.7 Å². The van der Waals surface area contributed by atoms with Gasteiger partial charge in [-0.15, -0.1) is 0 Å². The van der Waals surface area contributed by atoms with Gasteiger partial charge in [0.2, 0.25) is 0 Å². The molecule has 3 rings (SSSR count). The largest absolute Gasteiger partial charge is 0.487 e. The highest BCUT2D eigenvalue weighted by molar-refractivity contribution is 6.32. The molecular weight excluding hydrogens is 373 g/mol. The summed E-state index contributed by atoms with van der Waals surface area (Å²) < 4.78 is 18.8. The fourth-order valence-electron chi connectivity index (χ4n) is 2.72. The molecule has 0 saturated carbocycles. The summed E-state index contributed by atoms with van der Waals surface area (Å²) in [5.74, 6) is -0.191. The maximum absolute atomic E-state index is 13.2. The van der Waals surface area contributed by atoms with E-state index in [4.69, 9.17) is 16.3 Å². The van der Waals surface area contributed by atoms with E-state index in [1.165, 1.54) is 17.0 Å². The minimum atomic E-state index is -0.594. The van der Waals surface area contributed by atoms with Crippen LogP contribution in [0.25, 0.3) is 0 Å². The molecule has 0 aromatic heterocycles. The van der Waals surface area contributed by atoms with Crippen molar-refractivity contribution in [1.29, 1.82) is 0 Å². The second-order valence-corrected chi connectivity index (χ2v) is 6.56. The molecule has 142 valence electrons. The summed E-state index contributed by atoms with van der Waals surface area (Å²) in [6, 6.07) is 10.2. The number of carbonyl (C=O) groups is 2. The Bertz CT molecular complexity index is 862. The van der Waals surface area contributed by atoms with Crippen molar-refractivity contribution in [2.75, 3.05) is 18.4 Å². The first kappa shape index (κ1) is 19.0. The molecule has 1 saturated heterocycles. The predicted octanol–water partition coefficient (Wildman–Crippen LogP) is 3.41. The monoisotopic (exact) mass is 391 g/mol. The van der Waals surface area contributed by atoms with Gasteiger partial charge in [-0.25, -0.2) is 9.18 Å². The van der Waals surface area contributed by atoms with Crippen LogP contribution >= 0.6 is 11.6 Å². The van der Waals surface area contributed by atoms with E-state index in [0.717, 1.165) is 0 Å². The van der Waals surface area contributed by atoms with E-state index in [2.05, 4.69) is 10.6 Å². The van der Waals surface area contributed by atoms with Gasteiger partial charge in [0.15, 0.2) is 0 Å². The van der Waals surface area contributed by atoms with Crippen molar-refractivity contribution >= 4 is 29.2 Å². The van der Waals surface area contributed by atoms with E-state index in [0.29, 0.717) is 35.1 Å². The highest BCUT2D eigenvalue weighted by Crippen LogP contribution is 2.29. The van der Waals surface area contributed by atoms with E-state index in [1.807, 2.05) is 0 Å². The Labute approximate surface area is 161 Å². The minimum absolute atomic E-state index is 0.184. The van der Waals surface area contributed by atoms with Crippen molar-refractivity contribution in [1.82, 2.24) is 10.2 Å². The standard InChI is InChI=1S/C19H19ClFN3O3/c1-12(18(25)24-8-7-22-19(24)26)23-15-5-6-17(16(20)10-15)27-11-13-3-2-4-14(21)9-13/h2-6,9-10,12,23H,7-8,11H2,1H3,(H,22,26)/t12-/m1/s1. The second kappa shape index (κ2) is 8.26. The lowest BCUT2D eigenvalue weighted by Crippen LogP contribution is -2.43. The summed E-state index contributed by atoms with van der Waals surface area (Å²) in [7, 11) is 0. The van der Waals surface area contributed by atoms with Crippen LogP contribution in [0.15, 0.2) is 42.5 Å². The normalized spacial score (nSPS) is 14.6. The number of urea groups is 1. The van der Waals surface area contributed by atoms with Crippen LogP contribution in [0, 0.1) is 5.82 Å². The summed E-state index contributed by atoms with van der Waals surface area (Å²) in [5, 5.41) is 5.98. The molecule has 0 bridgehead atoms. The van der Waals surface area contributed by atoms with Crippen LogP contribution in [0.4, 0.5) is 14.9 Å². The maximum Gasteiger partial charge on any atom is 0.324 e. The van der Waals surface area contributed by atoms with Crippen molar-refractivity contribution in [3.8, 4) is 5.75 Å². The molecule has 1 fully saturated rings. The fourth-order valence-corrected chi connectivity index (χ4v) is 2.96. The molecule has 2 N–H and O–H groups in total. The maximum atomic E-state index is 13.2. The smallest absolute Gasteiger partial charge is 0.324 e. The fraction of sp³-hybridized carbons (Fsp3) is 0.263. The lowest BCUT2D eigenvalue weighted by Gasteiger charge is -2.20. The van der Waals surface area contributed by atoms with Gasteiger partial charge < -0.3 is 15.4 Å². The third kappa shape index (κ3) is 4.68. The molecule has 0 radical (unpaired) electrons. The Morgan fingerprint density at radius 1 is 1.37 bits per heavy atom. The van der Waals surface area contributed by atoms with Gasteiger partial charge in [0.05, 0.1) is 5.02 Å². The number of amides is 3. The number of nitrogens with one attached hydrogen (secondary N) is 2. The van der Waals surface area contributed by atoms with Gasteiger partial charge in [-0.2, -0.15) is 0 Å². The van der Waals surface area contributed by atoms with E-state index in [9.17, 15) is 14.0 Å². The Balaban J connectivity index is 1.60. The molecule has 0 unspecified atom stereocenters. The van der Waals surface area contributed by atoms with Crippen LogP contribution in [0.3, 0.4) is 0 Å². The summed E-state index contributed by atoms with van der Waals surface area (Å²) in [6.45, 7) is 2.68. The third-order valence-electron chi connectivity index (χ3n) is 4.09. The molecule has 27 heavy (non-hydrogen) atoms. The number of nitrogens with zero attached hydrogens (tertiary/aromatic N) is 1. The zero-order chi connectivity index (χ0) is 19.4. The molecule has 2 aromatic carbocycles. The average Bonchev–Trinajstić information content (AvgIpc) is 3.06. The summed E-state index contributed by atoms with van der Waals surface area (Å²) in [6.07, 6.45) is 0. The number of hydrogen-bond acceptors (Lipinski definition) is 4. The van der Waals surface area contributed by atoms with Crippen molar-refractivity contribution < 1.29 is 18.7 Å². The zero-order valence-electron chi connectivity index (χ0n) is 14.7.